The summed E-state index contributed by atoms with van der Waals surface area (Å²) in [5.74, 6) is -0.198. The molecule has 0 unspecified atom stereocenters. The van der Waals surface area contributed by atoms with Gasteiger partial charge in [0.2, 0.25) is 10.0 Å². The summed E-state index contributed by atoms with van der Waals surface area (Å²) >= 11 is 0. The van der Waals surface area contributed by atoms with Gasteiger partial charge in [0, 0.05) is 5.56 Å². The largest absolute Gasteiger partial charge is 0.435 e. The van der Waals surface area contributed by atoms with Crippen LogP contribution in [0.3, 0.4) is 0 Å². The van der Waals surface area contributed by atoms with Crippen molar-refractivity contribution in [1.82, 2.24) is 0 Å². The Kier molecular flexibility index (Phi) is 3.25. The lowest BCUT2D eigenvalue weighted by Crippen LogP contribution is -2.14. The molecular formula is C8H9F2NO3S. The first kappa shape index (κ1) is 11.9. The molecule has 2 N–H and O–H groups in total. The van der Waals surface area contributed by atoms with E-state index in [1.807, 2.05) is 0 Å². The van der Waals surface area contributed by atoms with Gasteiger partial charge in [0.25, 0.3) is 0 Å². The SMILES string of the molecule is Cc1c(OC(F)F)cccc1S(N)(=O)=O. The molecule has 0 bridgehead atoms. The Morgan fingerprint density at radius 1 is 1.40 bits per heavy atom. The third-order valence-corrected chi connectivity index (χ3v) is 2.81. The summed E-state index contributed by atoms with van der Waals surface area (Å²) in [7, 11) is -3.92. The second-order valence-corrected chi connectivity index (χ2v) is 4.33. The maximum atomic E-state index is 11.9. The van der Waals surface area contributed by atoms with Gasteiger partial charge in [-0.2, -0.15) is 8.78 Å². The first-order valence-electron chi connectivity index (χ1n) is 3.89. The average molecular weight is 237 g/mol. The fourth-order valence-electron chi connectivity index (χ4n) is 1.13. The molecule has 4 nitrogen and oxygen atoms in total. The number of alkyl halides is 2. The first-order chi connectivity index (χ1) is 6.82. The minimum absolute atomic E-state index is 0.0697. The molecule has 0 amide bonds. The highest BCUT2D eigenvalue weighted by Crippen LogP contribution is 2.25. The molecule has 1 aromatic carbocycles. The smallest absolute Gasteiger partial charge is 0.387 e. The molecule has 0 saturated heterocycles. The van der Waals surface area contributed by atoms with Crippen LogP contribution in [0, 0.1) is 6.92 Å². The number of primary sulfonamides is 1. The predicted octanol–water partition coefficient (Wildman–Crippen LogP) is 1.24. The molecule has 0 aliphatic carbocycles. The van der Waals surface area contributed by atoms with Crippen molar-refractivity contribution < 1.29 is 21.9 Å². The number of nitrogens with two attached hydrogens (primary N) is 1. The minimum atomic E-state index is -3.92. The van der Waals surface area contributed by atoms with E-state index in [0.29, 0.717) is 0 Å². The molecule has 0 atom stereocenters. The second kappa shape index (κ2) is 4.11. The van der Waals surface area contributed by atoms with Gasteiger partial charge in [-0.15, -0.1) is 0 Å². The van der Waals surface area contributed by atoms with E-state index < -0.39 is 16.6 Å². The van der Waals surface area contributed by atoms with Gasteiger partial charge < -0.3 is 4.74 Å². The van der Waals surface area contributed by atoms with E-state index in [2.05, 4.69) is 4.74 Å². The number of halogens is 2. The van der Waals surface area contributed by atoms with E-state index in [9.17, 15) is 17.2 Å². The summed E-state index contributed by atoms with van der Waals surface area (Å²) in [6.45, 7) is -1.66. The summed E-state index contributed by atoms with van der Waals surface area (Å²) in [5.41, 5.74) is 0.0697. The third-order valence-electron chi connectivity index (χ3n) is 1.76. The normalized spacial score (nSPS) is 11.8. The van der Waals surface area contributed by atoms with Gasteiger partial charge in [-0.05, 0) is 19.1 Å². The average Bonchev–Trinajstić information content (AvgIpc) is 2.05. The Morgan fingerprint density at radius 2 is 2.00 bits per heavy atom. The van der Waals surface area contributed by atoms with E-state index in [1.165, 1.54) is 25.1 Å². The van der Waals surface area contributed by atoms with Crippen LogP contribution in [0.5, 0.6) is 5.75 Å². The van der Waals surface area contributed by atoms with Crippen LogP contribution in [0.25, 0.3) is 0 Å². The van der Waals surface area contributed by atoms with Crippen molar-refractivity contribution in [2.75, 3.05) is 0 Å². The number of benzene rings is 1. The van der Waals surface area contributed by atoms with Crippen molar-refractivity contribution >= 4 is 10.0 Å². The topological polar surface area (TPSA) is 69.4 Å². The summed E-state index contributed by atoms with van der Waals surface area (Å²) in [5, 5.41) is 4.89. The summed E-state index contributed by atoms with van der Waals surface area (Å²) in [4.78, 5) is -0.222. The molecular weight excluding hydrogens is 228 g/mol. The molecule has 84 valence electrons. The number of ether oxygens (including phenoxy) is 1. The van der Waals surface area contributed by atoms with Crippen molar-refractivity contribution in [2.24, 2.45) is 5.14 Å². The van der Waals surface area contributed by atoms with Crippen molar-refractivity contribution in [3.8, 4) is 5.75 Å². The maximum absolute atomic E-state index is 11.9. The van der Waals surface area contributed by atoms with Crippen LogP contribution in [-0.2, 0) is 10.0 Å². The van der Waals surface area contributed by atoms with Crippen LogP contribution in [0.15, 0.2) is 23.1 Å². The van der Waals surface area contributed by atoms with Crippen LogP contribution in [-0.4, -0.2) is 15.0 Å². The van der Waals surface area contributed by atoms with Crippen molar-refractivity contribution in [3.05, 3.63) is 23.8 Å². The summed E-state index contributed by atoms with van der Waals surface area (Å²) < 4.78 is 50.0. The number of hydrogen-bond acceptors (Lipinski definition) is 3. The molecule has 0 fully saturated rings. The highest BCUT2D eigenvalue weighted by molar-refractivity contribution is 7.89. The fraction of sp³-hybridized carbons (Fsp3) is 0.250. The molecule has 15 heavy (non-hydrogen) atoms. The molecule has 1 rings (SSSR count). The van der Waals surface area contributed by atoms with E-state index in [1.54, 1.807) is 0 Å². The zero-order valence-electron chi connectivity index (χ0n) is 7.78. The lowest BCUT2D eigenvalue weighted by atomic mass is 10.2. The molecule has 0 heterocycles. The lowest BCUT2D eigenvalue weighted by molar-refractivity contribution is -0.0504. The molecule has 7 heteroatoms. The molecule has 1 aromatic rings. The lowest BCUT2D eigenvalue weighted by Gasteiger charge is -2.10. The van der Waals surface area contributed by atoms with Gasteiger partial charge >= 0.3 is 6.61 Å². The van der Waals surface area contributed by atoms with E-state index in [4.69, 9.17) is 5.14 Å². The zero-order chi connectivity index (χ0) is 11.6. The Hall–Kier alpha value is -1.21. The molecule has 0 radical (unpaired) electrons. The Morgan fingerprint density at radius 3 is 2.47 bits per heavy atom. The van der Waals surface area contributed by atoms with Crippen LogP contribution >= 0.6 is 0 Å². The quantitative estimate of drug-likeness (QED) is 0.859. The number of hydrogen-bond donors (Lipinski definition) is 1. The maximum Gasteiger partial charge on any atom is 0.387 e. The van der Waals surface area contributed by atoms with E-state index >= 15 is 0 Å². The number of rotatable bonds is 3. The molecule has 0 saturated carbocycles. The van der Waals surface area contributed by atoms with Crippen molar-refractivity contribution in [3.63, 3.8) is 0 Å². The molecule has 0 aliphatic heterocycles. The Bertz CT molecular complexity index is 459. The Balaban J connectivity index is 3.24. The number of sulfonamides is 1. The third kappa shape index (κ3) is 2.87. The highest BCUT2D eigenvalue weighted by Gasteiger charge is 2.16. The van der Waals surface area contributed by atoms with E-state index in [-0.39, 0.29) is 16.2 Å². The van der Waals surface area contributed by atoms with Gasteiger partial charge in [-0.1, -0.05) is 6.07 Å². The van der Waals surface area contributed by atoms with Crippen LogP contribution in [0.4, 0.5) is 8.78 Å². The predicted molar refractivity (Wildman–Crippen MR) is 49.2 cm³/mol. The second-order valence-electron chi connectivity index (χ2n) is 2.80. The van der Waals surface area contributed by atoms with Crippen LogP contribution in [0.2, 0.25) is 0 Å². The highest BCUT2D eigenvalue weighted by atomic mass is 32.2. The monoisotopic (exact) mass is 237 g/mol. The first-order valence-corrected chi connectivity index (χ1v) is 5.44. The van der Waals surface area contributed by atoms with Crippen molar-refractivity contribution in [1.29, 1.82) is 0 Å². The van der Waals surface area contributed by atoms with E-state index in [0.717, 1.165) is 0 Å². The summed E-state index contributed by atoms with van der Waals surface area (Å²) in [6, 6.07) is 3.75. The molecule has 0 aliphatic rings. The minimum Gasteiger partial charge on any atom is -0.435 e. The van der Waals surface area contributed by atoms with Gasteiger partial charge in [-0.25, -0.2) is 13.6 Å². The van der Waals surface area contributed by atoms with Gasteiger partial charge in [0.15, 0.2) is 0 Å². The fourth-order valence-corrected chi connectivity index (χ4v) is 1.92. The zero-order valence-corrected chi connectivity index (χ0v) is 8.59. The van der Waals surface area contributed by atoms with Gasteiger partial charge in [-0.3, -0.25) is 0 Å². The standard InChI is InChI=1S/C8H9F2NO3S/c1-5-6(14-8(9)10)3-2-4-7(5)15(11,12)13/h2-4,8H,1H3,(H2,11,12,13). The van der Waals surface area contributed by atoms with Gasteiger partial charge in [0.1, 0.15) is 5.75 Å². The van der Waals surface area contributed by atoms with Crippen molar-refractivity contribution in [2.45, 2.75) is 18.4 Å². The van der Waals surface area contributed by atoms with Gasteiger partial charge in [0.05, 0.1) is 4.90 Å². The van der Waals surface area contributed by atoms with Crippen LogP contribution in [0.1, 0.15) is 5.56 Å². The Labute approximate surface area is 85.7 Å². The molecule has 0 spiro atoms. The van der Waals surface area contributed by atoms with Crippen LogP contribution < -0.4 is 9.88 Å². The molecule has 0 aromatic heterocycles. The summed E-state index contributed by atoms with van der Waals surface area (Å²) in [6.07, 6.45) is 0.